The maximum absolute atomic E-state index is 13.4. The predicted octanol–water partition coefficient (Wildman–Crippen LogP) is 2.36. The number of likely N-dealkylation sites (N-methyl/N-ethyl adjacent to an activating group) is 1. The lowest BCUT2D eigenvalue weighted by Gasteiger charge is -2.39. The average Bonchev–Trinajstić information content (AvgIpc) is 2.68. The lowest BCUT2D eigenvalue weighted by Crippen LogP contribution is -2.49. The van der Waals surface area contributed by atoms with Crippen molar-refractivity contribution in [2.24, 2.45) is 0 Å². The monoisotopic (exact) mass is 430 g/mol. The predicted molar refractivity (Wildman–Crippen MR) is 100 cm³/mol. The highest BCUT2D eigenvalue weighted by Crippen LogP contribution is 2.34. The van der Waals surface area contributed by atoms with E-state index < -0.39 is 41.5 Å². The molecular formula is C18H20F2N2O4S2. The first-order valence-corrected chi connectivity index (χ1v) is 11.5. The Balaban J connectivity index is 2.12. The average molecular weight is 430 g/mol. The van der Waals surface area contributed by atoms with Crippen molar-refractivity contribution in [3.63, 3.8) is 0 Å². The van der Waals surface area contributed by atoms with E-state index in [-0.39, 0.29) is 6.54 Å². The molecule has 0 N–H and O–H groups in total. The zero-order valence-electron chi connectivity index (χ0n) is 15.1. The van der Waals surface area contributed by atoms with E-state index in [1.165, 1.54) is 16.4 Å². The van der Waals surface area contributed by atoms with Gasteiger partial charge < -0.3 is 4.90 Å². The van der Waals surface area contributed by atoms with E-state index in [0.717, 1.165) is 17.7 Å². The number of hydrogen-bond acceptors (Lipinski definition) is 5. The highest BCUT2D eigenvalue weighted by atomic mass is 32.2. The van der Waals surface area contributed by atoms with Crippen LogP contribution in [0.15, 0.2) is 64.4 Å². The van der Waals surface area contributed by atoms with Gasteiger partial charge in [0.1, 0.15) is 4.90 Å². The molecule has 0 unspecified atom stereocenters. The number of hydrogen-bond donors (Lipinski definition) is 0. The Kier molecular flexibility index (Phi) is 5.85. The summed E-state index contributed by atoms with van der Waals surface area (Å²) < 4.78 is 78.2. The maximum Gasteiger partial charge on any atom is 0.341 e. The lowest BCUT2D eigenvalue weighted by atomic mass is 10.1. The summed E-state index contributed by atoms with van der Waals surface area (Å²) in [5, 5.41) is 0. The summed E-state index contributed by atoms with van der Waals surface area (Å²) in [6, 6.07) is 12.9. The molecule has 1 atom stereocenters. The zero-order valence-corrected chi connectivity index (χ0v) is 16.7. The summed E-state index contributed by atoms with van der Waals surface area (Å²) in [5.41, 5.74) is 0.742. The first kappa shape index (κ1) is 20.8. The second kappa shape index (κ2) is 7.86. The van der Waals surface area contributed by atoms with E-state index >= 15 is 0 Å². The molecular weight excluding hydrogens is 410 g/mol. The molecule has 1 heterocycles. The van der Waals surface area contributed by atoms with E-state index in [9.17, 15) is 25.6 Å². The Morgan fingerprint density at radius 1 is 0.893 bits per heavy atom. The minimum absolute atomic E-state index is 0.113. The largest absolute Gasteiger partial charge is 0.341 e. The highest BCUT2D eigenvalue weighted by molar-refractivity contribution is 7.93. The Hall–Kier alpha value is -1.88. The third kappa shape index (κ3) is 3.82. The first-order valence-electron chi connectivity index (χ1n) is 8.52. The molecule has 6 nitrogen and oxygen atoms in total. The van der Waals surface area contributed by atoms with Gasteiger partial charge in [0, 0.05) is 19.6 Å². The van der Waals surface area contributed by atoms with E-state index in [1.54, 1.807) is 30.3 Å². The number of alkyl halides is 2. The van der Waals surface area contributed by atoms with E-state index in [2.05, 4.69) is 0 Å². The molecule has 0 aliphatic carbocycles. The highest BCUT2D eigenvalue weighted by Gasteiger charge is 2.40. The van der Waals surface area contributed by atoms with Gasteiger partial charge in [-0.1, -0.05) is 42.5 Å². The molecule has 152 valence electrons. The smallest absolute Gasteiger partial charge is 0.303 e. The molecule has 10 heteroatoms. The summed E-state index contributed by atoms with van der Waals surface area (Å²) in [5.74, 6) is -3.71. The summed E-state index contributed by atoms with van der Waals surface area (Å²) in [7, 11) is -7.55. The molecule has 0 amide bonds. The van der Waals surface area contributed by atoms with Gasteiger partial charge in [-0.2, -0.15) is 13.1 Å². The third-order valence-electron chi connectivity index (χ3n) is 4.70. The summed E-state index contributed by atoms with van der Waals surface area (Å²) in [6.45, 7) is 0.945. The normalized spacial score (nSPS) is 19.8. The SMILES string of the molecule is CN1CCN(S(=O)(=O)c2ccccc2S(=O)(=O)C(F)F)[C@H](c2ccccc2)C1. The molecule has 0 saturated carbocycles. The Morgan fingerprint density at radius 3 is 2.07 bits per heavy atom. The summed E-state index contributed by atoms with van der Waals surface area (Å²) >= 11 is 0. The van der Waals surface area contributed by atoms with Crippen molar-refractivity contribution in [3.8, 4) is 0 Å². The van der Waals surface area contributed by atoms with Gasteiger partial charge >= 0.3 is 5.76 Å². The maximum atomic E-state index is 13.4. The molecule has 0 bridgehead atoms. The van der Waals surface area contributed by atoms with Crippen molar-refractivity contribution in [2.45, 2.75) is 21.6 Å². The fraction of sp³-hybridized carbons (Fsp3) is 0.333. The van der Waals surface area contributed by atoms with Crippen LogP contribution < -0.4 is 0 Å². The minimum Gasteiger partial charge on any atom is -0.303 e. The van der Waals surface area contributed by atoms with Gasteiger partial charge in [-0.05, 0) is 24.7 Å². The third-order valence-corrected chi connectivity index (χ3v) is 8.23. The van der Waals surface area contributed by atoms with Crippen LogP contribution in [0, 0.1) is 0 Å². The topological polar surface area (TPSA) is 74.8 Å². The van der Waals surface area contributed by atoms with E-state index in [0.29, 0.717) is 13.1 Å². The number of rotatable bonds is 5. The number of benzene rings is 2. The van der Waals surface area contributed by atoms with E-state index in [4.69, 9.17) is 0 Å². The molecule has 1 aliphatic rings. The van der Waals surface area contributed by atoms with E-state index in [1.807, 2.05) is 11.9 Å². The Bertz CT molecular complexity index is 1040. The van der Waals surface area contributed by atoms with Crippen molar-refractivity contribution in [3.05, 3.63) is 60.2 Å². The van der Waals surface area contributed by atoms with Gasteiger partial charge in [0.25, 0.3) is 0 Å². The fourth-order valence-electron chi connectivity index (χ4n) is 3.26. The number of sulfonamides is 1. The fourth-order valence-corrected chi connectivity index (χ4v) is 6.40. The molecule has 2 aromatic rings. The molecule has 3 rings (SSSR count). The minimum atomic E-state index is -5.07. The van der Waals surface area contributed by atoms with Gasteiger partial charge in [0.2, 0.25) is 19.9 Å². The number of piperazine rings is 1. The van der Waals surface area contributed by atoms with Crippen LogP contribution in [-0.4, -0.2) is 58.5 Å². The molecule has 1 saturated heterocycles. The van der Waals surface area contributed by atoms with Crippen molar-refractivity contribution in [1.29, 1.82) is 0 Å². The number of sulfone groups is 1. The number of halogens is 2. The summed E-state index contributed by atoms with van der Waals surface area (Å²) in [4.78, 5) is 0.461. The molecule has 1 aliphatic heterocycles. The first-order chi connectivity index (χ1) is 13.2. The zero-order chi connectivity index (χ0) is 20.5. The van der Waals surface area contributed by atoms with Crippen LogP contribution in [0.1, 0.15) is 11.6 Å². The van der Waals surface area contributed by atoms with Crippen LogP contribution in [0.5, 0.6) is 0 Å². The van der Waals surface area contributed by atoms with Crippen LogP contribution >= 0.6 is 0 Å². The molecule has 2 aromatic carbocycles. The second-order valence-electron chi connectivity index (χ2n) is 6.56. The van der Waals surface area contributed by atoms with Crippen LogP contribution in [0.2, 0.25) is 0 Å². The van der Waals surface area contributed by atoms with Crippen molar-refractivity contribution < 1.29 is 25.6 Å². The molecule has 1 fully saturated rings. The van der Waals surface area contributed by atoms with Crippen LogP contribution in [0.3, 0.4) is 0 Å². The van der Waals surface area contributed by atoms with Crippen molar-refractivity contribution in [2.75, 3.05) is 26.7 Å². The van der Waals surface area contributed by atoms with Gasteiger partial charge in [-0.25, -0.2) is 16.8 Å². The molecule has 0 radical (unpaired) electrons. The molecule has 0 spiro atoms. The van der Waals surface area contributed by atoms with Gasteiger partial charge in [0.15, 0.2) is 0 Å². The molecule has 0 aromatic heterocycles. The summed E-state index contributed by atoms with van der Waals surface area (Å²) in [6.07, 6.45) is 0. The Morgan fingerprint density at radius 2 is 1.46 bits per heavy atom. The number of nitrogens with zero attached hydrogens (tertiary/aromatic N) is 2. The van der Waals surface area contributed by atoms with Gasteiger partial charge in [0.05, 0.1) is 10.9 Å². The standard InChI is InChI=1S/C18H20F2N2O4S2/c1-21-11-12-22(15(13-21)14-7-3-2-4-8-14)28(25,26)17-10-6-5-9-16(17)27(23,24)18(19)20/h2-10,15,18H,11-13H2,1H3/t15-/m0/s1. The van der Waals surface area contributed by atoms with Gasteiger partial charge in [-0.3, -0.25) is 0 Å². The van der Waals surface area contributed by atoms with Crippen molar-refractivity contribution >= 4 is 19.9 Å². The van der Waals surface area contributed by atoms with Gasteiger partial charge in [-0.15, -0.1) is 0 Å². The second-order valence-corrected chi connectivity index (χ2v) is 10.3. The molecule has 28 heavy (non-hydrogen) atoms. The van der Waals surface area contributed by atoms with Crippen LogP contribution in [0.4, 0.5) is 8.78 Å². The van der Waals surface area contributed by atoms with Crippen LogP contribution in [-0.2, 0) is 19.9 Å². The van der Waals surface area contributed by atoms with Crippen molar-refractivity contribution in [1.82, 2.24) is 9.21 Å². The Labute approximate surface area is 163 Å². The lowest BCUT2D eigenvalue weighted by molar-refractivity contribution is 0.160. The quantitative estimate of drug-likeness (QED) is 0.728. The van der Waals surface area contributed by atoms with Crippen LogP contribution in [0.25, 0.3) is 0 Å².